The standard InChI is InChI=1S/C24H33N3O3/c1-19(2)20-8-10-22(11-9-20)30-15-12-25-24(28)26-23(21-6-4-3-5-7-21)18-27-13-16-29-17-14-27/h3-11,19,23H,12-18H2,1-2H3,(H2,25,26,28). The third-order valence-corrected chi connectivity index (χ3v) is 5.25. The van der Waals surface area contributed by atoms with Gasteiger partial charge in [-0.25, -0.2) is 4.79 Å². The smallest absolute Gasteiger partial charge is 0.315 e. The molecule has 30 heavy (non-hydrogen) atoms. The van der Waals surface area contributed by atoms with Crippen LogP contribution in [0.1, 0.15) is 36.9 Å². The van der Waals surface area contributed by atoms with Crippen LogP contribution in [-0.4, -0.2) is 56.9 Å². The predicted octanol–water partition coefficient (Wildman–Crippen LogP) is 3.56. The summed E-state index contributed by atoms with van der Waals surface area (Å²) in [4.78, 5) is 14.8. The molecule has 2 N–H and O–H groups in total. The maximum absolute atomic E-state index is 12.5. The number of benzene rings is 2. The van der Waals surface area contributed by atoms with Gasteiger partial charge in [0.2, 0.25) is 0 Å². The molecule has 1 fully saturated rings. The molecule has 2 aromatic rings. The van der Waals surface area contributed by atoms with E-state index in [1.54, 1.807) is 0 Å². The fraction of sp³-hybridized carbons (Fsp3) is 0.458. The van der Waals surface area contributed by atoms with Gasteiger partial charge in [0.05, 0.1) is 25.8 Å². The number of nitrogens with zero attached hydrogens (tertiary/aromatic N) is 1. The molecule has 0 aliphatic carbocycles. The highest BCUT2D eigenvalue weighted by Gasteiger charge is 2.20. The minimum Gasteiger partial charge on any atom is -0.492 e. The van der Waals surface area contributed by atoms with E-state index in [0.717, 1.165) is 44.2 Å². The van der Waals surface area contributed by atoms with Gasteiger partial charge in [-0.1, -0.05) is 56.3 Å². The molecule has 2 amide bonds. The highest BCUT2D eigenvalue weighted by molar-refractivity contribution is 5.74. The molecule has 1 heterocycles. The molecule has 0 spiro atoms. The van der Waals surface area contributed by atoms with Crippen molar-refractivity contribution in [1.82, 2.24) is 15.5 Å². The summed E-state index contributed by atoms with van der Waals surface area (Å²) in [5.74, 6) is 1.32. The molecule has 1 saturated heterocycles. The fourth-order valence-electron chi connectivity index (χ4n) is 3.45. The molecule has 0 bridgehead atoms. The Morgan fingerprint density at radius 3 is 2.40 bits per heavy atom. The van der Waals surface area contributed by atoms with Crippen molar-refractivity contribution in [2.24, 2.45) is 0 Å². The van der Waals surface area contributed by atoms with Crippen LogP contribution in [0.3, 0.4) is 0 Å². The van der Waals surface area contributed by atoms with E-state index < -0.39 is 0 Å². The van der Waals surface area contributed by atoms with Crippen LogP contribution in [0.2, 0.25) is 0 Å². The highest BCUT2D eigenvalue weighted by Crippen LogP contribution is 2.18. The van der Waals surface area contributed by atoms with Gasteiger partial charge in [0.15, 0.2) is 0 Å². The van der Waals surface area contributed by atoms with Crippen molar-refractivity contribution >= 4 is 6.03 Å². The van der Waals surface area contributed by atoms with Crippen molar-refractivity contribution in [3.05, 3.63) is 65.7 Å². The molecule has 0 radical (unpaired) electrons. The molecule has 0 aromatic heterocycles. The first-order valence-corrected chi connectivity index (χ1v) is 10.7. The minimum absolute atomic E-state index is 0.0752. The van der Waals surface area contributed by atoms with Crippen LogP contribution in [-0.2, 0) is 4.74 Å². The number of amides is 2. The Labute approximate surface area is 179 Å². The maximum Gasteiger partial charge on any atom is 0.315 e. The van der Waals surface area contributed by atoms with Gasteiger partial charge in [-0.2, -0.15) is 0 Å². The van der Waals surface area contributed by atoms with Crippen molar-refractivity contribution in [3.8, 4) is 5.75 Å². The van der Waals surface area contributed by atoms with Gasteiger partial charge in [-0.15, -0.1) is 0 Å². The molecule has 1 aliphatic rings. The van der Waals surface area contributed by atoms with E-state index in [-0.39, 0.29) is 12.1 Å². The Balaban J connectivity index is 1.45. The first kappa shape index (κ1) is 22.1. The van der Waals surface area contributed by atoms with Gasteiger partial charge >= 0.3 is 6.03 Å². The Morgan fingerprint density at radius 2 is 1.73 bits per heavy atom. The van der Waals surface area contributed by atoms with Gasteiger partial charge in [-0.3, -0.25) is 4.90 Å². The lowest BCUT2D eigenvalue weighted by Gasteiger charge is -2.31. The van der Waals surface area contributed by atoms with Gasteiger partial charge in [0.1, 0.15) is 12.4 Å². The summed E-state index contributed by atoms with van der Waals surface area (Å²) in [5, 5.41) is 6.01. The second kappa shape index (κ2) is 11.6. The van der Waals surface area contributed by atoms with Crippen LogP contribution in [0.15, 0.2) is 54.6 Å². The zero-order valence-corrected chi connectivity index (χ0v) is 18.0. The Hall–Kier alpha value is -2.57. The molecule has 0 saturated carbocycles. The van der Waals surface area contributed by atoms with Gasteiger partial charge in [0, 0.05) is 19.6 Å². The molecular formula is C24H33N3O3. The second-order valence-corrected chi connectivity index (χ2v) is 7.85. The largest absolute Gasteiger partial charge is 0.492 e. The maximum atomic E-state index is 12.5. The van der Waals surface area contributed by atoms with Crippen molar-refractivity contribution < 1.29 is 14.3 Å². The summed E-state index contributed by atoms with van der Waals surface area (Å²) in [6.45, 7) is 9.21. The SMILES string of the molecule is CC(C)c1ccc(OCCNC(=O)NC(CN2CCOCC2)c2ccccc2)cc1. The molecule has 6 nitrogen and oxygen atoms in total. The van der Waals surface area contributed by atoms with Crippen LogP contribution < -0.4 is 15.4 Å². The number of nitrogens with one attached hydrogen (secondary N) is 2. The van der Waals surface area contributed by atoms with Crippen LogP contribution in [0.5, 0.6) is 5.75 Å². The Kier molecular flexibility index (Phi) is 8.53. The van der Waals surface area contributed by atoms with Crippen molar-refractivity contribution in [1.29, 1.82) is 0 Å². The summed E-state index contributed by atoms with van der Waals surface area (Å²) >= 11 is 0. The van der Waals surface area contributed by atoms with E-state index >= 15 is 0 Å². The van der Waals surface area contributed by atoms with Crippen molar-refractivity contribution in [3.63, 3.8) is 0 Å². The van der Waals surface area contributed by atoms with Crippen LogP contribution in [0.25, 0.3) is 0 Å². The summed E-state index contributed by atoms with van der Waals surface area (Å²) in [5.41, 5.74) is 2.38. The average Bonchev–Trinajstić information content (AvgIpc) is 2.78. The lowest BCUT2D eigenvalue weighted by atomic mass is 10.0. The van der Waals surface area contributed by atoms with Crippen LogP contribution >= 0.6 is 0 Å². The number of hydrogen-bond donors (Lipinski definition) is 2. The number of morpholine rings is 1. The normalized spacial score (nSPS) is 15.6. The van der Waals surface area contributed by atoms with E-state index in [9.17, 15) is 4.79 Å². The zero-order valence-electron chi connectivity index (χ0n) is 18.0. The minimum atomic E-state index is -0.184. The first-order valence-electron chi connectivity index (χ1n) is 10.7. The molecule has 3 rings (SSSR count). The molecule has 1 unspecified atom stereocenters. The average molecular weight is 412 g/mol. The summed E-state index contributed by atoms with van der Waals surface area (Å²) in [6, 6.07) is 17.9. The summed E-state index contributed by atoms with van der Waals surface area (Å²) in [6.07, 6.45) is 0. The number of urea groups is 1. The quantitative estimate of drug-likeness (QED) is 0.620. The van der Waals surface area contributed by atoms with E-state index in [1.807, 2.05) is 30.3 Å². The van der Waals surface area contributed by atoms with Crippen molar-refractivity contribution in [2.75, 3.05) is 46.0 Å². The molecule has 162 valence electrons. The number of carbonyl (C=O) groups excluding carboxylic acids is 1. The third kappa shape index (κ3) is 7.04. The monoisotopic (exact) mass is 411 g/mol. The molecule has 1 atom stereocenters. The molecule has 6 heteroatoms. The van der Waals surface area contributed by atoms with Gasteiger partial charge in [0.25, 0.3) is 0 Å². The van der Waals surface area contributed by atoms with E-state index in [4.69, 9.17) is 9.47 Å². The Morgan fingerprint density at radius 1 is 1.03 bits per heavy atom. The second-order valence-electron chi connectivity index (χ2n) is 7.85. The fourth-order valence-corrected chi connectivity index (χ4v) is 3.45. The summed E-state index contributed by atoms with van der Waals surface area (Å²) < 4.78 is 11.2. The van der Waals surface area contributed by atoms with Gasteiger partial charge in [-0.05, 0) is 29.2 Å². The number of hydrogen-bond acceptors (Lipinski definition) is 4. The summed E-state index contributed by atoms with van der Waals surface area (Å²) in [7, 11) is 0. The first-order chi connectivity index (χ1) is 14.6. The molecule has 2 aromatic carbocycles. The number of carbonyl (C=O) groups is 1. The van der Waals surface area contributed by atoms with Crippen LogP contribution in [0, 0.1) is 0 Å². The van der Waals surface area contributed by atoms with E-state index in [1.165, 1.54) is 5.56 Å². The van der Waals surface area contributed by atoms with Crippen LogP contribution in [0.4, 0.5) is 4.79 Å². The molecule has 1 aliphatic heterocycles. The van der Waals surface area contributed by atoms with Crippen molar-refractivity contribution in [2.45, 2.75) is 25.8 Å². The Bertz CT molecular complexity index is 759. The molecular weight excluding hydrogens is 378 g/mol. The zero-order chi connectivity index (χ0) is 21.2. The third-order valence-electron chi connectivity index (χ3n) is 5.25. The topological polar surface area (TPSA) is 62.8 Å². The highest BCUT2D eigenvalue weighted by atomic mass is 16.5. The van der Waals surface area contributed by atoms with E-state index in [2.05, 4.69) is 53.6 Å². The lowest BCUT2D eigenvalue weighted by Crippen LogP contribution is -2.46. The number of rotatable bonds is 9. The van der Waals surface area contributed by atoms with E-state index in [0.29, 0.717) is 19.1 Å². The van der Waals surface area contributed by atoms with Gasteiger partial charge < -0.3 is 20.1 Å². The predicted molar refractivity (Wildman–Crippen MR) is 119 cm³/mol. The lowest BCUT2D eigenvalue weighted by molar-refractivity contribution is 0.0339. The number of ether oxygens (including phenoxy) is 2.